The summed E-state index contributed by atoms with van der Waals surface area (Å²) >= 11 is 10.3. The molecule has 1 aromatic carbocycles. The quantitative estimate of drug-likeness (QED) is 0.629. The molecule has 0 unspecified atom stereocenters. The lowest BCUT2D eigenvalue weighted by molar-refractivity contribution is -0.131. The average molecular weight is 283 g/mol. The molecule has 0 aliphatic rings. The molecule has 0 saturated heterocycles. The molecule has 7 heteroatoms. The van der Waals surface area contributed by atoms with Gasteiger partial charge in [0.25, 0.3) is 0 Å². The molecule has 0 saturated carbocycles. The first-order valence-corrected chi connectivity index (χ1v) is 6.44. The Bertz CT molecular complexity index is 479. The molecule has 1 aromatic rings. The predicted molar refractivity (Wildman–Crippen MR) is 60.0 cm³/mol. The summed E-state index contributed by atoms with van der Waals surface area (Å²) in [7, 11) is -4.14. The van der Waals surface area contributed by atoms with Crippen molar-refractivity contribution in [3.63, 3.8) is 0 Å². The minimum absolute atomic E-state index is 0.125. The van der Waals surface area contributed by atoms with Crippen LogP contribution in [0, 0.1) is 6.92 Å². The van der Waals surface area contributed by atoms with Crippen LogP contribution in [0.2, 0.25) is 0 Å². The molecule has 0 aliphatic heterocycles. The van der Waals surface area contributed by atoms with E-state index in [4.69, 9.17) is 23.2 Å². The molecule has 1 rings (SSSR count). The number of halogens is 2. The molecule has 0 N–H and O–H groups in total. The first kappa shape index (κ1) is 13.3. The summed E-state index contributed by atoms with van der Waals surface area (Å²) in [5.74, 6) is -1.22. The van der Waals surface area contributed by atoms with Gasteiger partial charge in [-0.15, -0.1) is 0 Å². The van der Waals surface area contributed by atoms with Gasteiger partial charge in [0.2, 0.25) is 4.84 Å². The topological polar surface area (TPSA) is 60.4 Å². The highest BCUT2D eigenvalue weighted by atomic mass is 35.5. The van der Waals surface area contributed by atoms with Gasteiger partial charge >= 0.3 is 16.1 Å². The summed E-state index contributed by atoms with van der Waals surface area (Å²) in [5, 5.41) is 0. The second kappa shape index (κ2) is 5.03. The van der Waals surface area contributed by atoms with Crippen LogP contribution in [-0.4, -0.2) is 19.2 Å². The molecule has 0 atom stereocenters. The van der Waals surface area contributed by atoms with Gasteiger partial charge < -0.3 is 4.18 Å². The van der Waals surface area contributed by atoms with E-state index in [0.717, 1.165) is 5.56 Å². The van der Waals surface area contributed by atoms with Gasteiger partial charge in [-0.25, -0.2) is 4.79 Å². The molecule has 0 fully saturated rings. The standard InChI is InChI=1S/C9H8Cl2O4S/c1-6-2-4-7(5-3-6)16(13,14)15-9(12)8(10)11/h2-5,8H,1H3. The number of benzene rings is 1. The highest BCUT2D eigenvalue weighted by Gasteiger charge is 2.23. The van der Waals surface area contributed by atoms with Crippen molar-refractivity contribution in [2.75, 3.05) is 0 Å². The van der Waals surface area contributed by atoms with Crippen LogP contribution >= 0.6 is 23.2 Å². The molecule has 0 radical (unpaired) electrons. The average Bonchev–Trinajstić information content (AvgIpc) is 2.17. The van der Waals surface area contributed by atoms with E-state index in [1.165, 1.54) is 12.1 Å². The molecule has 16 heavy (non-hydrogen) atoms. The van der Waals surface area contributed by atoms with Crippen molar-refractivity contribution in [1.82, 2.24) is 0 Å². The molecular formula is C9H8Cl2O4S. The van der Waals surface area contributed by atoms with Gasteiger partial charge in [-0.1, -0.05) is 40.9 Å². The minimum atomic E-state index is -4.14. The molecule has 88 valence electrons. The van der Waals surface area contributed by atoms with Crippen molar-refractivity contribution in [2.45, 2.75) is 16.7 Å². The summed E-state index contributed by atoms with van der Waals surface area (Å²) in [6.07, 6.45) is 0. The summed E-state index contributed by atoms with van der Waals surface area (Å²) in [6.45, 7) is 1.80. The van der Waals surface area contributed by atoms with Crippen LogP contribution in [-0.2, 0) is 19.1 Å². The molecule has 0 heterocycles. The molecule has 0 aliphatic carbocycles. The Morgan fingerprint density at radius 3 is 2.19 bits per heavy atom. The van der Waals surface area contributed by atoms with E-state index >= 15 is 0 Å². The zero-order chi connectivity index (χ0) is 12.3. The van der Waals surface area contributed by atoms with Crippen LogP contribution in [0.25, 0.3) is 0 Å². The molecule has 0 spiro atoms. The van der Waals surface area contributed by atoms with Crippen molar-refractivity contribution in [1.29, 1.82) is 0 Å². The molecule has 0 aromatic heterocycles. The largest absolute Gasteiger partial charge is 0.355 e. The Morgan fingerprint density at radius 2 is 1.75 bits per heavy atom. The Kier molecular flexibility index (Phi) is 4.18. The number of hydrogen-bond donors (Lipinski definition) is 0. The van der Waals surface area contributed by atoms with E-state index in [1.807, 2.05) is 0 Å². The second-order valence-corrected chi connectivity index (χ2v) is 5.61. The van der Waals surface area contributed by atoms with Gasteiger partial charge in [0, 0.05) is 0 Å². The Morgan fingerprint density at radius 1 is 1.25 bits per heavy atom. The zero-order valence-corrected chi connectivity index (χ0v) is 10.5. The lowest BCUT2D eigenvalue weighted by atomic mass is 10.2. The third-order valence-electron chi connectivity index (χ3n) is 1.68. The van der Waals surface area contributed by atoms with Crippen LogP contribution in [0.1, 0.15) is 5.56 Å². The highest BCUT2D eigenvalue weighted by Crippen LogP contribution is 2.15. The predicted octanol–water partition coefficient (Wildman–Crippen LogP) is 2.03. The fourth-order valence-electron chi connectivity index (χ4n) is 0.898. The van der Waals surface area contributed by atoms with Crippen molar-refractivity contribution in [3.8, 4) is 0 Å². The third kappa shape index (κ3) is 3.37. The summed E-state index contributed by atoms with van der Waals surface area (Å²) < 4.78 is 27.2. The highest BCUT2D eigenvalue weighted by molar-refractivity contribution is 7.87. The summed E-state index contributed by atoms with van der Waals surface area (Å²) in [4.78, 5) is 9.28. The van der Waals surface area contributed by atoms with Gasteiger partial charge in [0.05, 0.1) is 0 Å². The number of alkyl halides is 2. The SMILES string of the molecule is Cc1ccc(S(=O)(=O)OC(=O)C(Cl)Cl)cc1. The summed E-state index contributed by atoms with van der Waals surface area (Å²) in [6, 6.07) is 5.82. The lowest BCUT2D eigenvalue weighted by Crippen LogP contribution is -2.18. The van der Waals surface area contributed by atoms with Crippen molar-refractivity contribution < 1.29 is 17.4 Å². The first-order chi connectivity index (χ1) is 7.33. The normalized spacial score (nSPS) is 11.5. The number of aryl methyl sites for hydroxylation is 1. The van der Waals surface area contributed by atoms with Crippen LogP contribution in [0.15, 0.2) is 29.2 Å². The van der Waals surface area contributed by atoms with E-state index in [2.05, 4.69) is 4.18 Å². The maximum Gasteiger partial charge on any atom is 0.355 e. The van der Waals surface area contributed by atoms with E-state index in [9.17, 15) is 13.2 Å². The number of carbonyl (C=O) groups excluding carboxylic acids is 1. The number of rotatable bonds is 3. The first-order valence-electron chi connectivity index (χ1n) is 4.16. The number of carbonyl (C=O) groups is 1. The van der Waals surface area contributed by atoms with E-state index < -0.39 is 20.9 Å². The van der Waals surface area contributed by atoms with Crippen LogP contribution in [0.3, 0.4) is 0 Å². The number of hydrogen-bond acceptors (Lipinski definition) is 4. The maximum absolute atomic E-state index is 11.5. The Hall–Kier alpha value is -0.780. The van der Waals surface area contributed by atoms with E-state index in [1.54, 1.807) is 19.1 Å². The molecule has 0 amide bonds. The van der Waals surface area contributed by atoms with Gasteiger partial charge in [-0.05, 0) is 19.1 Å². The Balaban J connectivity index is 2.95. The molecular weight excluding hydrogens is 275 g/mol. The van der Waals surface area contributed by atoms with Crippen LogP contribution in [0.4, 0.5) is 0 Å². The lowest BCUT2D eigenvalue weighted by Gasteiger charge is -2.05. The summed E-state index contributed by atoms with van der Waals surface area (Å²) in [5.41, 5.74) is 0.887. The maximum atomic E-state index is 11.5. The molecule has 0 bridgehead atoms. The smallest absolute Gasteiger partial charge is 0.339 e. The minimum Gasteiger partial charge on any atom is -0.339 e. The van der Waals surface area contributed by atoms with Crippen LogP contribution in [0.5, 0.6) is 0 Å². The van der Waals surface area contributed by atoms with Gasteiger partial charge in [-0.2, -0.15) is 8.42 Å². The monoisotopic (exact) mass is 282 g/mol. The van der Waals surface area contributed by atoms with Crippen molar-refractivity contribution in [2.24, 2.45) is 0 Å². The molecule has 4 nitrogen and oxygen atoms in total. The van der Waals surface area contributed by atoms with Gasteiger partial charge in [-0.3, -0.25) is 0 Å². The second-order valence-electron chi connectivity index (χ2n) is 2.97. The van der Waals surface area contributed by atoms with Gasteiger partial charge in [0.1, 0.15) is 4.90 Å². The Labute approximate surface area is 103 Å². The fraction of sp³-hybridized carbons (Fsp3) is 0.222. The van der Waals surface area contributed by atoms with Gasteiger partial charge in [0.15, 0.2) is 0 Å². The van der Waals surface area contributed by atoms with Crippen LogP contribution < -0.4 is 0 Å². The van der Waals surface area contributed by atoms with E-state index in [0.29, 0.717) is 0 Å². The van der Waals surface area contributed by atoms with Crippen molar-refractivity contribution >= 4 is 39.3 Å². The fourth-order valence-corrected chi connectivity index (χ4v) is 1.97. The third-order valence-corrected chi connectivity index (χ3v) is 3.27. The zero-order valence-electron chi connectivity index (χ0n) is 8.18. The van der Waals surface area contributed by atoms with E-state index in [-0.39, 0.29) is 4.90 Å². The van der Waals surface area contributed by atoms with Crippen molar-refractivity contribution in [3.05, 3.63) is 29.8 Å².